The number of carboxylic acids is 1. The monoisotopic (exact) mass is 396 g/mol. The zero-order valence-electron chi connectivity index (χ0n) is 15.7. The first-order chi connectivity index (χ1) is 14.0. The van der Waals surface area contributed by atoms with Crippen LogP contribution >= 0.6 is 0 Å². The molecule has 0 saturated heterocycles. The van der Waals surface area contributed by atoms with Gasteiger partial charge in [-0.3, -0.25) is 9.59 Å². The lowest BCUT2D eigenvalue weighted by Gasteiger charge is -2.13. The number of fused-ring (bicyclic) bond motifs is 1. The van der Waals surface area contributed by atoms with Gasteiger partial charge in [-0.1, -0.05) is 36.4 Å². The Hall–Kier alpha value is -3.49. The average Bonchev–Trinajstić information content (AvgIpc) is 2.72. The molecule has 29 heavy (non-hydrogen) atoms. The van der Waals surface area contributed by atoms with Crippen LogP contribution in [0.2, 0.25) is 0 Å². The van der Waals surface area contributed by atoms with Crippen LogP contribution in [0.15, 0.2) is 54.6 Å². The van der Waals surface area contributed by atoms with Gasteiger partial charge in [0.15, 0.2) is 0 Å². The highest BCUT2D eigenvalue weighted by Crippen LogP contribution is 2.26. The van der Waals surface area contributed by atoms with Crippen molar-refractivity contribution in [3.05, 3.63) is 65.9 Å². The molecule has 0 radical (unpaired) electrons. The molecule has 2 aromatic carbocycles. The van der Waals surface area contributed by atoms with Gasteiger partial charge >= 0.3 is 5.97 Å². The number of benzene rings is 2. The van der Waals surface area contributed by atoms with E-state index >= 15 is 0 Å². The highest BCUT2D eigenvalue weighted by Gasteiger charge is 2.19. The number of hydrogen-bond donors (Lipinski definition) is 3. The first-order valence-electron chi connectivity index (χ1n) is 8.87. The number of hydrogen-bond acceptors (Lipinski definition) is 6. The summed E-state index contributed by atoms with van der Waals surface area (Å²) in [6.07, 6.45) is 0. The van der Waals surface area contributed by atoms with Gasteiger partial charge in [0.05, 0.1) is 6.61 Å². The number of aliphatic hydroxyl groups excluding tert-OH is 1. The highest BCUT2D eigenvalue weighted by atomic mass is 16.6. The van der Waals surface area contributed by atoms with Crippen LogP contribution in [0.25, 0.3) is 10.8 Å². The molecule has 0 unspecified atom stereocenters. The first-order valence-corrected chi connectivity index (χ1v) is 8.87. The number of carbonyl (C=O) groups is 2. The van der Waals surface area contributed by atoms with Crippen LogP contribution in [-0.2, 0) is 16.1 Å². The van der Waals surface area contributed by atoms with Crippen molar-refractivity contribution >= 4 is 22.6 Å². The third-order valence-electron chi connectivity index (χ3n) is 4.16. The fourth-order valence-corrected chi connectivity index (χ4v) is 2.66. The predicted octanol–water partition coefficient (Wildman–Crippen LogP) is 2.70. The van der Waals surface area contributed by atoms with Crippen molar-refractivity contribution in [1.29, 1.82) is 0 Å². The molecule has 0 aliphatic rings. The molecule has 0 saturated carbocycles. The lowest BCUT2D eigenvalue weighted by atomic mass is 10.1. The van der Waals surface area contributed by atoms with Gasteiger partial charge in [-0.15, -0.1) is 0 Å². The van der Waals surface area contributed by atoms with Crippen LogP contribution in [0, 0.1) is 0 Å². The molecule has 0 fully saturated rings. The number of carboxylic acid groups (broad SMARTS) is 1. The quantitative estimate of drug-likeness (QED) is 0.501. The Morgan fingerprint density at radius 1 is 1.14 bits per heavy atom. The predicted molar refractivity (Wildman–Crippen MR) is 105 cm³/mol. The SMILES string of the molecule is C[C@@H](NC(=O)c1nc(Oc2ccc(COCO)cc2)cc2ccccc12)C(=O)O. The van der Waals surface area contributed by atoms with E-state index in [1.807, 2.05) is 12.1 Å². The Labute approximate surface area is 166 Å². The second-order valence-corrected chi connectivity index (χ2v) is 6.29. The van der Waals surface area contributed by atoms with Crippen molar-refractivity contribution in [1.82, 2.24) is 10.3 Å². The molecule has 0 aliphatic heterocycles. The van der Waals surface area contributed by atoms with Gasteiger partial charge in [0, 0.05) is 11.5 Å². The van der Waals surface area contributed by atoms with E-state index < -0.39 is 17.9 Å². The van der Waals surface area contributed by atoms with E-state index in [1.54, 1.807) is 42.5 Å². The van der Waals surface area contributed by atoms with Crippen molar-refractivity contribution in [2.45, 2.75) is 19.6 Å². The molecule has 8 nitrogen and oxygen atoms in total. The zero-order chi connectivity index (χ0) is 20.8. The molecule has 0 spiro atoms. The lowest BCUT2D eigenvalue weighted by molar-refractivity contribution is -0.138. The van der Waals surface area contributed by atoms with Gasteiger partial charge in [-0.05, 0) is 30.0 Å². The normalized spacial score (nSPS) is 11.8. The van der Waals surface area contributed by atoms with E-state index in [9.17, 15) is 9.59 Å². The second kappa shape index (κ2) is 9.13. The maximum absolute atomic E-state index is 12.6. The number of nitrogens with zero attached hydrogens (tertiary/aromatic N) is 1. The summed E-state index contributed by atoms with van der Waals surface area (Å²) in [5.74, 6) is -1.03. The van der Waals surface area contributed by atoms with Crippen molar-refractivity contribution in [2.75, 3.05) is 6.79 Å². The van der Waals surface area contributed by atoms with Gasteiger partial charge in [0.1, 0.15) is 24.3 Å². The number of aliphatic hydroxyl groups is 1. The number of rotatable bonds is 8. The van der Waals surface area contributed by atoms with E-state index in [4.69, 9.17) is 19.7 Å². The van der Waals surface area contributed by atoms with Gasteiger partial charge in [-0.2, -0.15) is 0 Å². The van der Waals surface area contributed by atoms with Crippen LogP contribution in [-0.4, -0.2) is 39.9 Å². The molecule has 3 rings (SSSR count). The maximum atomic E-state index is 12.6. The van der Waals surface area contributed by atoms with E-state index in [0.29, 0.717) is 11.1 Å². The number of ether oxygens (including phenoxy) is 2. The van der Waals surface area contributed by atoms with Gasteiger partial charge < -0.3 is 25.0 Å². The average molecular weight is 396 g/mol. The summed E-state index contributed by atoms with van der Waals surface area (Å²) >= 11 is 0. The Bertz CT molecular complexity index is 1020. The lowest BCUT2D eigenvalue weighted by Crippen LogP contribution is -2.38. The number of pyridine rings is 1. The van der Waals surface area contributed by atoms with Crippen molar-refractivity contribution < 1.29 is 29.3 Å². The van der Waals surface area contributed by atoms with Gasteiger partial charge in [0.25, 0.3) is 5.91 Å². The Kier molecular flexibility index (Phi) is 6.38. The van der Waals surface area contributed by atoms with Crippen LogP contribution in [0.4, 0.5) is 0 Å². The molecule has 0 bridgehead atoms. The maximum Gasteiger partial charge on any atom is 0.325 e. The summed E-state index contributed by atoms with van der Waals surface area (Å²) < 4.78 is 10.7. The van der Waals surface area contributed by atoms with E-state index in [1.165, 1.54) is 6.92 Å². The number of carbonyl (C=O) groups excluding carboxylic acids is 1. The third kappa shape index (κ3) is 5.07. The standard InChI is InChI=1S/C21H20N2O6/c1-13(21(26)27)22-20(25)19-17-5-3-2-4-15(17)10-18(23-19)29-16-8-6-14(7-9-16)11-28-12-24/h2-10,13,24H,11-12H2,1H3,(H,22,25)(H,26,27)/t13-/m1/s1. The summed E-state index contributed by atoms with van der Waals surface area (Å²) in [5, 5.41) is 21.5. The molecule has 1 heterocycles. The second-order valence-electron chi connectivity index (χ2n) is 6.29. The fraction of sp³-hybridized carbons (Fsp3) is 0.190. The fourth-order valence-electron chi connectivity index (χ4n) is 2.66. The number of nitrogens with one attached hydrogen (secondary N) is 1. The van der Waals surface area contributed by atoms with Crippen LogP contribution < -0.4 is 10.1 Å². The zero-order valence-corrected chi connectivity index (χ0v) is 15.7. The van der Waals surface area contributed by atoms with E-state index in [0.717, 1.165) is 10.9 Å². The van der Waals surface area contributed by atoms with Crippen molar-refractivity contribution in [3.63, 3.8) is 0 Å². The van der Waals surface area contributed by atoms with Crippen LogP contribution in [0.5, 0.6) is 11.6 Å². The summed E-state index contributed by atoms with van der Waals surface area (Å²) in [5.41, 5.74) is 0.944. The summed E-state index contributed by atoms with van der Waals surface area (Å²) in [6, 6.07) is 14.8. The van der Waals surface area contributed by atoms with Crippen molar-refractivity contribution in [2.24, 2.45) is 0 Å². The minimum absolute atomic E-state index is 0.0826. The summed E-state index contributed by atoms with van der Waals surface area (Å²) in [6.45, 7) is 1.30. The minimum atomic E-state index is -1.14. The largest absolute Gasteiger partial charge is 0.480 e. The molecule has 1 atom stereocenters. The van der Waals surface area contributed by atoms with Crippen LogP contribution in [0.3, 0.4) is 0 Å². The number of aromatic nitrogens is 1. The van der Waals surface area contributed by atoms with Crippen molar-refractivity contribution in [3.8, 4) is 11.6 Å². The topological polar surface area (TPSA) is 118 Å². The number of aliphatic carboxylic acids is 1. The molecular formula is C21H20N2O6. The summed E-state index contributed by atoms with van der Waals surface area (Å²) in [7, 11) is 0. The van der Waals surface area contributed by atoms with Gasteiger partial charge in [0.2, 0.25) is 5.88 Å². The smallest absolute Gasteiger partial charge is 0.325 e. The molecular weight excluding hydrogens is 376 g/mol. The number of amides is 1. The molecule has 3 N–H and O–H groups in total. The molecule has 1 aromatic heterocycles. The minimum Gasteiger partial charge on any atom is -0.480 e. The van der Waals surface area contributed by atoms with E-state index in [-0.39, 0.29) is 25.0 Å². The van der Waals surface area contributed by atoms with Crippen LogP contribution in [0.1, 0.15) is 23.0 Å². The summed E-state index contributed by atoms with van der Waals surface area (Å²) in [4.78, 5) is 27.9. The Morgan fingerprint density at radius 3 is 2.55 bits per heavy atom. The Balaban J connectivity index is 1.89. The third-order valence-corrected chi connectivity index (χ3v) is 4.16. The molecule has 0 aliphatic carbocycles. The molecule has 1 amide bonds. The highest BCUT2D eigenvalue weighted by molar-refractivity contribution is 6.06. The molecule has 150 valence electrons. The van der Waals surface area contributed by atoms with Gasteiger partial charge in [-0.25, -0.2) is 4.98 Å². The molecule has 3 aromatic rings. The first kappa shape index (κ1) is 20.2. The Morgan fingerprint density at radius 2 is 1.86 bits per heavy atom. The van der Waals surface area contributed by atoms with E-state index in [2.05, 4.69) is 10.3 Å². The molecule has 8 heteroatoms.